The average molecular weight is 320 g/mol. The SMILES string of the molecule is O=Cc1ccc(Cl)cc1Sc1nnc(C2CC2)n1C1CC1. The minimum absolute atomic E-state index is 0.539. The minimum Gasteiger partial charge on any atom is -0.302 e. The van der Waals surface area contributed by atoms with Gasteiger partial charge >= 0.3 is 0 Å². The Labute approximate surface area is 131 Å². The van der Waals surface area contributed by atoms with E-state index in [1.54, 1.807) is 12.1 Å². The third-order valence-electron chi connectivity index (χ3n) is 3.85. The molecule has 1 aromatic carbocycles. The normalized spacial score (nSPS) is 18.0. The molecule has 2 aliphatic rings. The lowest BCUT2D eigenvalue weighted by molar-refractivity contribution is 0.112. The maximum Gasteiger partial charge on any atom is 0.196 e. The quantitative estimate of drug-likeness (QED) is 0.778. The first-order chi connectivity index (χ1) is 10.3. The number of hydrogen-bond acceptors (Lipinski definition) is 4. The van der Waals surface area contributed by atoms with Crippen LogP contribution in [0.15, 0.2) is 28.3 Å². The Morgan fingerprint density at radius 3 is 2.71 bits per heavy atom. The summed E-state index contributed by atoms with van der Waals surface area (Å²) < 4.78 is 2.28. The monoisotopic (exact) mass is 319 g/mol. The van der Waals surface area contributed by atoms with Crippen LogP contribution in [0.1, 0.15) is 53.8 Å². The Hall–Kier alpha value is -1.33. The van der Waals surface area contributed by atoms with Gasteiger partial charge in [-0.05, 0) is 55.6 Å². The second-order valence-corrected chi connectivity index (χ2v) is 7.06. The summed E-state index contributed by atoms with van der Waals surface area (Å²) in [5.74, 6) is 1.70. The van der Waals surface area contributed by atoms with E-state index in [9.17, 15) is 4.79 Å². The molecule has 2 saturated carbocycles. The van der Waals surface area contributed by atoms with Crippen molar-refractivity contribution in [1.82, 2.24) is 14.8 Å². The molecule has 0 spiro atoms. The number of nitrogens with zero attached hydrogens (tertiary/aromatic N) is 3. The molecular weight excluding hydrogens is 306 g/mol. The summed E-state index contributed by atoms with van der Waals surface area (Å²) in [5, 5.41) is 10.2. The van der Waals surface area contributed by atoms with E-state index in [-0.39, 0.29) is 0 Å². The van der Waals surface area contributed by atoms with E-state index < -0.39 is 0 Å². The largest absolute Gasteiger partial charge is 0.302 e. The van der Waals surface area contributed by atoms with Crippen molar-refractivity contribution in [2.45, 2.75) is 47.7 Å². The molecule has 0 N–H and O–H groups in total. The zero-order chi connectivity index (χ0) is 14.4. The molecule has 2 aromatic rings. The third kappa shape index (κ3) is 2.60. The van der Waals surface area contributed by atoms with Crippen molar-refractivity contribution in [3.8, 4) is 0 Å². The summed E-state index contributed by atoms with van der Waals surface area (Å²) in [4.78, 5) is 12.0. The Morgan fingerprint density at radius 2 is 2.05 bits per heavy atom. The van der Waals surface area contributed by atoms with Crippen molar-refractivity contribution in [2.75, 3.05) is 0 Å². The highest BCUT2D eigenvalue weighted by atomic mass is 35.5. The van der Waals surface area contributed by atoms with Gasteiger partial charge in [0.15, 0.2) is 11.4 Å². The van der Waals surface area contributed by atoms with Gasteiger partial charge in [0.1, 0.15) is 5.82 Å². The standard InChI is InChI=1S/C15H14ClN3OS/c16-11-4-3-10(8-20)13(7-11)21-15-18-17-14(9-1-2-9)19(15)12-5-6-12/h3-4,7-9,12H,1-2,5-6H2. The van der Waals surface area contributed by atoms with Crippen molar-refractivity contribution in [1.29, 1.82) is 0 Å². The molecule has 2 aliphatic carbocycles. The maximum absolute atomic E-state index is 11.2. The molecule has 1 heterocycles. The highest BCUT2D eigenvalue weighted by Crippen LogP contribution is 2.47. The maximum atomic E-state index is 11.2. The van der Waals surface area contributed by atoms with Crippen molar-refractivity contribution in [3.63, 3.8) is 0 Å². The van der Waals surface area contributed by atoms with Crippen LogP contribution in [0.3, 0.4) is 0 Å². The lowest BCUT2D eigenvalue weighted by atomic mass is 10.2. The first-order valence-corrected chi connectivity index (χ1v) is 8.33. The van der Waals surface area contributed by atoms with E-state index in [1.165, 1.54) is 37.4 Å². The first-order valence-electron chi connectivity index (χ1n) is 7.13. The number of carbonyl (C=O) groups is 1. The predicted molar refractivity (Wildman–Crippen MR) is 81.2 cm³/mol. The average Bonchev–Trinajstić information content (AvgIpc) is 3.39. The van der Waals surface area contributed by atoms with Crippen LogP contribution in [0.25, 0.3) is 0 Å². The summed E-state index contributed by atoms with van der Waals surface area (Å²) in [6.07, 6.45) is 5.68. The fourth-order valence-corrected chi connectivity index (χ4v) is 3.72. The lowest BCUT2D eigenvalue weighted by Gasteiger charge is -2.09. The van der Waals surface area contributed by atoms with Crippen LogP contribution in [0, 0.1) is 0 Å². The fraction of sp³-hybridized carbons (Fsp3) is 0.400. The number of halogens is 1. The summed E-state index contributed by atoms with van der Waals surface area (Å²) >= 11 is 7.54. The molecular formula is C15H14ClN3OS. The highest BCUT2D eigenvalue weighted by molar-refractivity contribution is 7.99. The number of aromatic nitrogens is 3. The van der Waals surface area contributed by atoms with Crippen LogP contribution in [0.4, 0.5) is 0 Å². The molecule has 6 heteroatoms. The molecule has 0 amide bonds. The molecule has 4 nitrogen and oxygen atoms in total. The van der Waals surface area contributed by atoms with Gasteiger partial charge in [-0.2, -0.15) is 0 Å². The number of aldehydes is 1. The topological polar surface area (TPSA) is 47.8 Å². The van der Waals surface area contributed by atoms with Gasteiger partial charge in [0.2, 0.25) is 0 Å². The van der Waals surface area contributed by atoms with E-state index in [4.69, 9.17) is 11.6 Å². The predicted octanol–water partition coefficient (Wildman–Crippen LogP) is 4.11. The second kappa shape index (κ2) is 5.14. The first kappa shape index (κ1) is 13.3. The summed E-state index contributed by atoms with van der Waals surface area (Å²) in [5.41, 5.74) is 0.641. The Bertz CT molecular complexity index is 707. The van der Waals surface area contributed by atoms with Crippen LogP contribution in [0.2, 0.25) is 5.02 Å². The number of benzene rings is 1. The van der Waals surface area contributed by atoms with Crippen LogP contribution in [-0.4, -0.2) is 21.1 Å². The second-order valence-electron chi connectivity index (χ2n) is 5.62. The van der Waals surface area contributed by atoms with Gasteiger partial charge in [0.25, 0.3) is 0 Å². The van der Waals surface area contributed by atoms with E-state index in [2.05, 4.69) is 14.8 Å². The van der Waals surface area contributed by atoms with Gasteiger partial charge in [-0.15, -0.1) is 10.2 Å². The molecule has 0 atom stereocenters. The van der Waals surface area contributed by atoms with E-state index in [1.807, 2.05) is 6.07 Å². The van der Waals surface area contributed by atoms with Gasteiger partial charge < -0.3 is 4.57 Å². The van der Waals surface area contributed by atoms with Crippen LogP contribution >= 0.6 is 23.4 Å². The zero-order valence-corrected chi connectivity index (χ0v) is 12.9. The van der Waals surface area contributed by atoms with Gasteiger partial charge in [0.05, 0.1) is 0 Å². The number of carbonyl (C=O) groups excluding carboxylic acids is 1. The highest BCUT2D eigenvalue weighted by Gasteiger charge is 2.36. The molecule has 1 aromatic heterocycles. The van der Waals surface area contributed by atoms with Gasteiger partial charge in [-0.25, -0.2) is 0 Å². The van der Waals surface area contributed by atoms with Crippen LogP contribution in [0.5, 0.6) is 0 Å². The summed E-state index contributed by atoms with van der Waals surface area (Å²) in [6, 6.07) is 5.84. The molecule has 0 saturated heterocycles. The summed E-state index contributed by atoms with van der Waals surface area (Å²) in [6.45, 7) is 0. The Kier molecular flexibility index (Phi) is 3.27. The minimum atomic E-state index is 0.539. The van der Waals surface area contributed by atoms with Crippen molar-refractivity contribution >= 4 is 29.6 Å². The van der Waals surface area contributed by atoms with Crippen molar-refractivity contribution < 1.29 is 4.79 Å². The number of rotatable bonds is 5. The van der Waals surface area contributed by atoms with E-state index in [0.29, 0.717) is 22.5 Å². The van der Waals surface area contributed by atoms with Gasteiger partial charge in [0, 0.05) is 27.4 Å². The van der Waals surface area contributed by atoms with Crippen LogP contribution in [-0.2, 0) is 0 Å². The summed E-state index contributed by atoms with van der Waals surface area (Å²) in [7, 11) is 0. The molecule has 0 bridgehead atoms. The fourth-order valence-electron chi connectivity index (χ4n) is 2.45. The zero-order valence-electron chi connectivity index (χ0n) is 11.3. The van der Waals surface area contributed by atoms with Gasteiger partial charge in [-0.1, -0.05) is 11.6 Å². The van der Waals surface area contributed by atoms with Crippen LogP contribution < -0.4 is 0 Å². The molecule has 108 valence electrons. The Balaban J connectivity index is 1.71. The molecule has 0 unspecified atom stereocenters. The van der Waals surface area contributed by atoms with E-state index >= 15 is 0 Å². The molecule has 0 radical (unpaired) electrons. The Morgan fingerprint density at radius 1 is 1.24 bits per heavy atom. The molecule has 4 rings (SSSR count). The lowest BCUT2D eigenvalue weighted by Crippen LogP contribution is -2.02. The smallest absolute Gasteiger partial charge is 0.196 e. The van der Waals surface area contributed by atoms with Crippen molar-refractivity contribution in [3.05, 3.63) is 34.6 Å². The molecule has 21 heavy (non-hydrogen) atoms. The third-order valence-corrected chi connectivity index (χ3v) is 5.12. The van der Waals surface area contributed by atoms with Crippen molar-refractivity contribution in [2.24, 2.45) is 0 Å². The number of hydrogen-bond donors (Lipinski definition) is 0. The molecule has 2 fully saturated rings. The van der Waals surface area contributed by atoms with E-state index in [0.717, 1.165) is 22.2 Å². The molecule has 0 aliphatic heterocycles. The van der Waals surface area contributed by atoms with Gasteiger partial charge in [-0.3, -0.25) is 4.79 Å².